The fourth-order valence-corrected chi connectivity index (χ4v) is 1.95. The van der Waals surface area contributed by atoms with Crippen LogP contribution in [0.5, 0.6) is 5.75 Å². The van der Waals surface area contributed by atoms with Crippen LogP contribution in [-0.4, -0.2) is 22.2 Å². The summed E-state index contributed by atoms with van der Waals surface area (Å²) in [5, 5.41) is 3.39. The zero-order chi connectivity index (χ0) is 14.2. The maximum atomic E-state index is 5.69. The molecule has 0 radical (unpaired) electrons. The first-order valence-corrected chi connectivity index (χ1v) is 7.17. The van der Waals surface area contributed by atoms with Crippen LogP contribution in [0, 0.1) is 0 Å². The summed E-state index contributed by atoms with van der Waals surface area (Å²) in [6.45, 7) is 6.74. The number of aryl methyl sites for hydroxylation is 1. The fraction of sp³-hybridized carbons (Fsp3) is 0.438. The van der Waals surface area contributed by atoms with Gasteiger partial charge >= 0.3 is 0 Å². The highest BCUT2D eigenvalue weighted by atomic mass is 16.5. The minimum absolute atomic E-state index is 0.474. The van der Waals surface area contributed by atoms with Crippen molar-refractivity contribution in [1.82, 2.24) is 14.9 Å². The SMILES string of the molecule is CC(C)NCc1nccn1CCCOc1ccccc1. The van der Waals surface area contributed by atoms with Crippen LogP contribution in [0.3, 0.4) is 0 Å². The molecule has 0 saturated carbocycles. The Morgan fingerprint density at radius 1 is 1.25 bits per heavy atom. The minimum Gasteiger partial charge on any atom is -0.494 e. The molecule has 0 saturated heterocycles. The molecule has 0 unspecified atom stereocenters. The van der Waals surface area contributed by atoms with Gasteiger partial charge in [-0.25, -0.2) is 4.98 Å². The van der Waals surface area contributed by atoms with Crippen molar-refractivity contribution < 1.29 is 4.74 Å². The van der Waals surface area contributed by atoms with Crippen LogP contribution in [0.4, 0.5) is 0 Å². The van der Waals surface area contributed by atoms with Gasteiger partial charge in [0.1, 0.15) is 11.6 Å². The van der Waals surface area contributed by atoms with Crippen molar-refractivity contribution >= 4 is 0 Å². The third-order valence-corrected chi connectivity index (χ3v) is 3.03. The summed E-state index contributed by atoms with van der Waals surface area (Å²) in [5.74, 6) is 2.01. The van der Waals surface area contributed by atoms with Gasteiger partial charge in [0, 0.05) is 25.0 Å². The van der Waals surface area contributed by atoms with Gasteiger partial charge in [0.25, 0.3) is 0 Å². The average Bonchev–Trinajstić information content (AvgIpc) is 2.90. The molecule has 0 aliphatic heterocycles. The van der Waals surface area contributed by atoms with Crippen LogP contribution < -0.4 is 10.1 Å². The molecule has 1 aromatic heterocycles. The lowest BCUT2D eigenvalue weighted by molar-refractivity contribution is 0.300. The number of ether oxygens (including phenoxy) is 1. The molecule has 1 aromatic carbocycles. The molecule has 0 atom stereocenters. The second-order valence-electron chi connectivity index (χ2n) is 5.09. The second-order valence-corrected chi connectivity index (χ2v) is 5.09. The molecule has 4 nitrogen and oxygen atoms in total. The molecule has 0 aliphatic rings. The van der Waals surface area contributed by atoms with E-state index < -0.39 is 0 Å². The van der Waals surface area contributed by atoms with Gasteiger partial charge in [-0.05, 0) is 18.6 Å². The Morgan fingerprint density at radius 3 is 2.80 bits per heavy atom. The van der Waals surface area contributed by atoms with Crippen LogP contribution in [0.1, 0.15) is 26.1 Å². The number of aromatic nitrogens is 2. The standard InChI is InChI=1S/C16H23N3O/c1-14(2)18-13-16-17-9-11-19(16)10-6-12-20-15-7-4-3-5-8-15/h3-5,7-9,11,14,18H,6,10,12-13H2,1-2H3. The maximum absolute atomic E-state index is 5.69. The number of nitrogens with zero attached hydrogens (tertiary/aromatic N) is 2. The molecule has 0 amide bonds. The van der Waals surface area contributed by atoms with Crippen molar-refractivity contribution in [3.63, 3.8) is 0 Å². The van der Waals surface area contributed by atoms with Gasteiger partial charge in [-0.15, -0.1) is 0 Å². The number of rotatable bonds is 8. The van der Waals surface area contributed by atoms with Crippen molar-refractivity contribution in [3.8, 4) is 5.75 Å². The Balaban J connectivity index is 1.73. The van der Waals surface area contributed by atoms with E-state index in [1.807, 2.05) is 42.7 Å². The topological polar surface area (TPSA) is 39.1 Å². The molecule has 0 spiro atoms. The normalized spacial score (nSPS) is 10.9. The van der Waals surface area contributed by atoms with Crippen molar-refractivity contribution in [2.24, 2.45) is 0 Å². The van der Waals surface area contributed by atoms with Crippen molar-refractivity contribution in [2.75, 3.05) is 6.61 Å². The predicted molar refractivity (Wildman–Crippen MR) is 80.8 cm³/mol. The molecule has 4 heteroatoms. The number of hydrogen-bond donors (Lipinski definition) is 1. The van der Waals surface area contributed by atoms with E-state index in [0.717, 1.165) is 37.7 Å². The first-order chi connectivity index (χ1) is 9.75. The molecule has 108 valence electrons. The summed E-state index contributed by atoms with van der Waals surface area (Å²) in [7, 11) is 0. The number of nitrogens with one attached hydrogen (secondary N) is 1. The number of imidazole rings is 1. The van der Waals surface area contributed by atoms with Crippen molar-refractivity contribution in [1.29, 1.82) is 0 Å². The largest absolute Gasteiger partial charge is 0.494 e. The van der Waals surface area contributed by atoms with Gasteiger partial charge in [-0.1, -0.05) is 32.0 Å². The van der Waals surface area contributed by atoms with Crippen molar-refractivity contribution in [3.05, 3.63) is 48.5 Å². The quantitative estimate of drug-likeness (QED) is 0.752. The summed E-state index contributed by atoms with van der Waals surface area (Å²) in [6.07, 6.45) is 4.86. The average molecular weight is 273 g/mol. The van der Waals surface area contributed by atoms with Crippen LogP contribution in [0.25, 0.3) is 0 Å². The van der Waals surface area contributed by atoms with Gasteiger partial charge < -0.3 is 14.6 Å². The lowest BCUT2D eigenvalue weighted by Crippen LogP contribution is -2.24. The highest BCUT2D eigenvalue weighted by Crippen LogP contribution is 2.09. The van der Waals surface area contributed by atoms with Crippen LogP contribution >= 0.6 is 0 Å². The molecule has 2 aromatic rings. The van der Waals surface area contributed by atoms with E-state index in [4.69, 9.17) is 4.74 Å². The van der Waals surface area contributed by atoms with Gasteiger partial charge in [0.15, 0.2) is 0 Å². The Kier molecular flexibility index (Phi) is 5.62. The molecular formula is C16H23N3O. The summed E-state index contributed by atoms with van der Waals surface area (Å²) >= 11 is 0. The molecule has 20 heavy (non-hydrogen) atoms. The number of hydrogen-bond acceptors (Lipinski definition) is 3. The molecule has 0 fully saturated rings. The predicted octanol–water partition coefficient (Wildman–Crippen LogP) is 2.85. The fourth-order valence-electron chi connectivity index (χ4n) is 1.95. The first kappa shape index (κ1) is 14.6. The lowest BCUT2D eigenvalue weighted by Gasteiger charge is -2.11. The summed E-state index contributed by atoms with van der Waals surface area (Å²) in [4.78, 5) is 4.38. The molecule has 0 bridgehead atoms. The van der Waals surface area contributed by atoms with Gasteiger partial charge in [-0.3, -0.25) is 0 Å². The van der Waals surface area contributed by atoms with Crippen LogP contribution in [-0.2, 0) is 13.1 Å². The molecule has 1 heterocycles. The highest BCUT2D eigenvalue weighted by Gasteiger charge is 2.03. The molecular weight excluding hydrogens is 250 g/mol. The number of benzene rings is 1. The summed E-state index contributed by atoms with van der Waals surface area (Å²) in [6, 6.07) is 10.4. The van der Waals surface area contributed by atoms with Crippen molar-refractivity contribution in [2.45, 2.75) is 39.4 Å². The molecule has 0 aliphatic carbocycles. The van der Waals surface area contributed by atoms with E-state index in [2.05, 4.69) is 28.7 Å². The zero-order valence-electron chi connectivity index (χ0n) is 12.2. The lowest BCUT2D eigenvalue weighted by atomic mass is 10.3. The highest BCUT2D eigenvalue weighted by molar-refractivity contribution is 5.20. The Morgan fingerprint density at radius 2 is 2.05 bits per heavy atom. The van der Waals surface area contributed by atoms with Crippen LogP contribution in [0.2, 0.25) is 0 Å². The van der Waals surface area contributed by atoms with E-state index in [1.165, 1.54) is 0 Å². The van der Waals surface area contributed by atoms with E-state index in [0.29, 0.717) is 6.04 Å². The first-order valence-electron chi connectivity index (χ1n) is 7.17. The van der Waals surface area contributed by atoms with Gasteiger partial charge in [0.2, 0.25) is 0 Å². The monoisotopic (exact) mass is 273 g/mol. The van der Waals surface area contributed by atoms with E-state index in [-0.39, 0.29) is 0 Å². The Labute approximate surface area is 120 Å². The number of para-hydroxylation sites is 1. The minimum atomic E-state index is 0.474. The van der Waals surface area contributed by atoms with E-state index in [1.54, 1.807) is 0 Å². The molecule has 2 rings (SSSR count). The third-order valence-electron chi connectivity index (χ3n) is 3.03. The van der Waals surface area contributed by atoms with E-state index in [9.17, 15) is 0 Å². The maximum Gasteiger partial charge on any atom is 0.122 e. The van der Waals surface area contributed by atoms with Crippen LogP contribution in [0.15, 0.2) is 42.7 Å². The Hall–Kier alpha value is -1.81. The summed E-state index contributed by atoms with van der Waals surface area (Å²) < 4.78 is 7.88. The third kappa shape index (κ3) is 4.70. The summed E-state index contributed by atoms with van der Waals surface area (Å²) in [5.41, 5.74) is 0. The second kappa shape index (κ2) is 7.70. The van der Waals surface area contributed by atoms with Gasteiger partial charge in [-0.2, -0.15) is 0 Å². The zero-order valence-corrected chi connectivity index (χ0v) is 12.2. The smallest absolute Gasteiger partial charge is 0.122 e. The van der Waals surface area contributed by atoms with Gasteiger partial charge in [0.05, 0.1) is 13.2 Å². The Bertz CT molecular complexity index is 493. The van der Waals surface area contributed by atoms with E-state index >= 15 is 0 Å². The molecule has 1 N–H and O–H groups in total.